The Kier molecular flexibility index (Phi) is 7.88. The van der Waals surface area contributed by atoms with E-state index in [0.717, 1.165) is 35.5 Å². The number of hydrogen-bond acceptors (Lipinski definition) is 5. The number of guanidine groups is 1. The van der Waals surface area contributed by atoms with Gasteiger partial charge in [-0.3, -0.25) is 4.79 Å². The van der Waals surface area contributed by atoms with Crippen LogP contribution in [0.1, 0.15) is 27.4 Å². The molecule has 3 rings (SSSR count). The number of hydrogen-bond donors (Lipinski definition) is 1. The second-order valence-corrected chi connectivity index (χ2v) is 7.09. The van der Waals surface area contributed by atoms with Gasteiger partial charge in [0, 0.05) is 43.8 Å². The molecule has 0 bridgehead atoms. The minimum atomic E-state index is -0.0493. The number of carbonyl (C=O) groups is 1. The molecule has 26 heavy (non-hydrogen) atoms. The largest absolute Gasteiger partial charge is 0.459 e. The van der Waals surface area contributed by atoms with Gasteiger partial charge in [-0.2, -0.15) is 0 Å². The number of furan rings is 1. The molecule has 0 unspecified atom stereocenters. The molecule has 1 amide bonds. The van der Waals surface area contributed by atoms with Gasteiger partial charge in [0.15, 0.2) is 11.7 Å². The van der Waals surface area contributed by atoms with E-state index in [1.54, 1.807) is 23.5 Å². The normalized spacial score (nSPS) is 14.9. The summed E-state index contributed by atoms with van der Waals surface area (Å²) in [6.45, 7) is 8.31. The Morgan fingerprint density at radius 2 is 2.08 bits per heavy atom. The molecular weight excluding hydrogens is 465 g/mol. The Bertz CT molecular complexity index is 723. The van der Waals surface area contributed by atoms with E-state index in [2.05, 4.69) is 22.1 Å². The number of rotatable bonds is 4. The lowest BCUT2D eigenvalue weighted by atomic mass is 10.3. The molecule has 2 aromatic heterocycles. The number of nitrogens with zero attached hydrogens (tertiary/aromatic N) is 4. The summed E-state index contributed by atoms with van der Waals surface area (Å²) in [6.07, 6.45) is 3.41. The first-order valence-corrected chi connectivity index (χ1v) is 9.26. The highest BCUT2D eigenvalue weighted by molar-refractivity contribution is 14.0. The van der Waals surface area contributed by atoms with Crippen LogP contribution in [0.2, 0.25) is 0 Å². The zero-order valence-electron chi connectivity index (χ0n) is 15.0. The fourth-order valence-electron chi connectivity index (χ4n) is 2.73. The molecule has 1 saturated heterocycles. The maximum absolute atomic E-state index is 12.3. The fraction of sp³-hybridized carbons (Fsp3) is 0.471. The maximum atomic E-state index is 12.3. The molecule has 3 heterocycles. The predicted octanol–water partition coefficient (Wildman–Crippen LogP) is 2.59. The van der Waals surface area contributed by atoms with Crippen molar-refractivity contribution < 1.29 is 9.21 Å². The SMILES string of the molecule is CCNC(=NCc1cnc(C)s1)N1CCN(C(=O)c2ccco2)CC1.I. The van der Waals surface area contributed by atoms with E-state index in [1.165, 1.54) is 6.26 Å². The molecule has 1 N–H and O–H groups in total. The van der Waals surface area contributed by atoms with Crippen molar-refractivity contribution in [2.45, 2.75) is 20.4 Å². The van der Waals surface area contributed by atoms with Crippen LogP contribution < -0.4 is 5.32 Å². The maximum Gasteiger partial charge on any atom is 0.289 e. The number of piperazine rings is 1. The topological polar surface area (TPSA) is 74.0 Å². The number of aryl methyl sites for hydroxylation is 1. The van der Waals surface area contributed by atoms with Crippen LogP contribution in [0, 0.1) is 6.92 Å². The highest BCUT2D eigenvalue weighted by Gasteiger charge is 2.25. The number of aliphatic imine (C=N–C) groups is 1. The van der Waals surface area contributed by atoms with Crippen LogP contribution in [-0.2, 0) is 6.54 Å². The molecule has 1 aliphatic heterocycles. The predicted molar refractivity (Wildman–Crippen MR) is 113 cm³/mol. The van der Waals surface area contributed by atoms with E-state index >= 15 is 0 Å². The zero-order chi connectivity index (χ0) is 17.6. The van der Waals surface area contributed by atoms with Crippen molar-refractivity contribution in [2.24, 2.45) is 4.99 Å². The summed E-state index contributed by atoms with van der Waals surface area (Å²) in [5.74, 6) is 1.24. The molecule has 0 radical (unpaired) electrons. The Hall–Kier alpha value is -1.62. The molecule has 0 atom stereocenters. The average molecular weight is 489 g/mol. The molecule has 1 fully saturated rings. The first-order valence-electron chi connectivity index (χ1n) is 8.44. The van der Waals surface area contributed by atoms with E-state index in [9.17, 15) is 4.79 Å². The van der Waals surface area contributed by atoms with E-state index in [0.29, 0.717) is 25.4 Å². The van der Waals surface area contributed by atoms with E-state index in [1.807, 2.05) is 18.0 Å². The molecule has 142 valence electrons. The summed E-state index contributed by atoms with van der Waals surface area (Å²) in [5, 5.41) is 4.39. The van der Waals surface area contributed by atoms with Crippen molar-refractivity contribution in [2.75, 3.05) is 32.7 Å². The summed E-state index contributed by atoms with van der Waals surface area (Å²) in [4.78, 5) is 26.5. The van der Waals surface area contributed by atoms with E-state index in [-0.39, 0.29) is 29.9 Å². The summed E-state index contributed by atoms with van der Waals surface area (Å²) >= 11 is 1.67. The van der Waals surface area contributed by atoms with Crippen molar-refractivity contribution in [1.82, 2.24) is 20.1 Å². The van der Waals surface area contributed by atoms with Crippen molar-refractivity contribution in [3.63, 3.8) is 0 Å². The highest BCUT2D eigenvalue weighted by atomic mass is 127. The van der Waals surface area contributed by atoms with Crippen LogP contribution in [0.25, 0.3) is 0 Å². The van der Waals surface area contributed by atoms with Gasteiger partial charge in [0.25, 0.3) is 5.91 Å². The number of carbonyl (C=O) groups excluding carboxylic acids is 1. The molecule has 0 saturated carbocycles. The smallest absolute Gasteiger partial charge is 0.289 e. The lowest BCUT2D eigenvalue weighted by molar-refractivity contribution is 0.0657. The standard InChI is InChI=1S/C17H23N5O2S.HI/c1-3-18-17(20-12-14-11-19-13(2)25-14)22-8-6-21(7-9-22)16(23)15-5-4-10-24-15;/h4-5,10-11H,3,6-9,12H2,1-2H3,(H,18,20);1H. The third-order valence-corrected chi connectivity index (χ3v) is 4.88. The van der Waals surface area contributed by atoms with Crippen LogP contribution in [0.15, 0.2) is 34.0 Å². The lowest BCUT2D eigenvalue weighted by Gasteiger charge is -2.36. The zero-order valence-corrected chi connectivity index (χ0v) is 18.1. The first-order chi connectivity index (χ1) is 12.2. The monoisotopic (exact) mass is 489 g/mol. The Morgan fingerprint density at radius 3 is 2.65 bits per heavy atom. The molecule has 0 aliphatic carbocycles. The summed E-state index contributed by atoms with van der Waals surface area (Å²) in [6, 6.07) is 3.44. The van der Waals surface area contributed by atoms with Crippen molar-refractivity contribution in [3.8, 4) is 0 Å². The van der Waals surface area contributed by atoms with Crippen molar-refractivity contribution in [1.29, 1.82) is 0 Å². The summed E-state index contributed by atoms with van der Waals surface area (Å²) < 4.78 is 5.21. The molecule has 2 aromatic rings. The quantitative estimate of drug-likeness (QED) is 0.406. The molecular formula is C17H24IN5O2S. The Morgan fingerprint density at radius 1 is 1.35 bits per heavy atom. The van der Waals surface area contributed by atoms with Gasteiger partial charge in [0.05, 0.1) is 17.8 Å². The van der Waals surface area contributed by atoms with E-state index < -0.39 is 0 Å². The van der Waals surface area contributed by atoms with Gasteiger partial charge in [-0.15, -0.1) is 35.3 Å². The number of nitrogens with one attached hydrogen (secondary N) is 1. The van der Waals surface area contributed by atoms with Crippen molar-refractivity contribution >= 4 is 47.2 Å². The Balaban J connectivity index is 0.00000243. The van der Waals surface area contributed by atoms with Crippen LogP contribution >= 0.6 is 35.3 Å². The summed E-state index contributed by atoms with van der Waals surface area (Å²) in [7, 11) is 0. The van der Waals surface area contributed by atoms with Gasteiger partial charge < -0.3 is 19.5 Å². The second kappa shape index (κ2) is 9.91. The average Bonchev–Trinajstić information content (AvgIpc) is 3.30. The van der Waals surface area contributed by atoms with E-state index in [4.69, 9.17) is 9.41 Å². The number of thiazole rings is 1. The van der Waals surface area contributed by atoms with Gasteiger partial charge in [-0.1, -0.05) is 0 Å². The third kappa shape index (κ3) is 5.19. The lowest BCUT2D eigenvalue weighted by Crippen LogP contribution is -2.53. The molecule has 0 aromatic carbocycles. The van der Waals surface area contributed by atoms with Gasteiger partial charge in [0.1, 0.15) is 0 Å². The fourth-order valence-corrected chi connectivity index (χ4v) is 3.45. The Labute approximate surface area is 174 Å². The third-order valence-electron chi connectivity index (χ3n) is 3.99. The minimum Gasteiger partial charge on any atom is -0.459 e. The highest BCUT2D eigenvalue weighted by Crippen LogP contribution is 2.13. The summed E-state index contributed by atoms with van der Waals surface area (Å²) in [5.41, 5.74) is 0. The van der Waals surface area contributed by atoms with Gasteiger partial charge >= 0.3 is 0 Å². The number of amides is 1. The second-order valence-electron chi connectivity index (χ2n) is 5.77. The number of halogens is 1. The molecule has 0 spiro atoms. The van der Waals surface area contributed by atoms with Gasteiger partial charge in [0.2, 0.25) is 0 Å². The molecule has 9 heteroatoms. The molecule has 1 aliphatic rings. The first kappa shape index (κ1) is 20.7. The van der Waals surface area contributed by atoms with Crippen LogP contribution in [-0.4, -0.2) is 59.4 Å². The van der Waals surface area contributed by atoms with Gasteiger partial charge in [-0.05, 0) is 26.0 Å². The van der Waals surface area contributed by atoms with Crippen LogP contribution in [0.3, 0.4) is 0 Å². The molecule has 7 nitrogen and oxygen atoms in total. The minimum absolute atomic E-state index is 0. The van der Waals surface area contributed by atoms with Gasteiger partial charge in [-0.25, -0.2) is 9.98 Å². The van der Waals surface area contributed by atoms with Crippen molar-refractivity contribution in [3.05, 3.63) is 40.2 Å². The van der Waals surface area contributed by atoms with Crippen LogP contribution in [0.4, 0.5) is 0 Å². The number of aromatic nitrogens is 1. The van der Waals surface area contributed by atoms with Crippen LogP contribution in [0.5, 0.6) is 0 Å².